The number of nitrogens with zero attached hydrogens (tertiary/aromatic N) is 3. The molecule has 100 valence electrons. The van der Waals surface area contributed by atoms with E-state index in [4.69, 9.17) is 5.73 Å². The van der Waals surface area contributed by atoms with Crippen LogP contribution in [0, 0.1) is 0 Å². The molecule has 0 saturated carbocycles. The van der Waals surface area contributed by atoms with E-state index in [1.54, 1.807) is 36.7 Å². The molecule has 1 aromatic carbocycles. The Kier molecular flexibility index (Phi) is 6.71. The maximum Gasteiger partial charge on any atom is 0.116 e. The fraction of sp³-hybridized carbons (Fsp3) is 0. The predicted molar refractivity (Wildman–Crippen MR) is 80.8 cm³/mol. The predicted octanol–water partition coefficient (Wildman–Crippen LogP) is 0.894. The first-order valence-corrected chi connectivity index (χ1v) is 5.63. The Morgan fingerprint density at radius 1 is 0.950 bits per heavy atom. The summed E-state index contributed by atoms with van der Waals surface area (Å²) in [4.78, 5) is 22.3. The number of amides is 1. The van der Waals surface area contributed by atoms with E-state index in [9.17, 15) is 4.79 Å². The van der Waals surface area contributed by atoms with Crippen molar-refractivity contribution in [1.29, 1.82) is 0 Å². The number of primary amides is 1. The number of nitrogens with two attached hydrogens (primary N) is 1. The van der Waals surface area contributed by atoms with Crippen molar-refractivity contribution in [3.8, 4) is 0 Å². The molecule has 0 atom stereocenters. The Labute approximate surface area is 136 Å². The SMILES string of the molecule is NC(=O)c1ccccc1.[PbH2].c1cnc2cncnc2c1. The van der Waals surface area contributed by atoms with Crippen LogP contribution in [0.1, 0.15) is 10.4 Å². The monoisotopic (exact) mass is 462 g/mol. The fourth-order valence-electron chi connectivity index (χ4n) is 1.42. The second-order valence-corrected chi connectivity index (χ2v) is 3.66. The van der Waals surface area contributed by atoms with E-state index < -0.39 is 0 Å². The fourth-order valence-corrected chi connectivity index (χ4v) is 1.42. The zero-order chi connectivity index (χ0) is 13.5. The van der Waals surface area contributed by atoms with Gasteiger partial charge in [0.2, 0.25) is 5.91 Å². The molecule has 5 nitrogen and oxygen atoms in total. The topological polar surface area (TPSA) is 81.8 Å². The van der Waals surface area contributed by atoms with Gasteiger partial charge in [0.05, 0.1) is 11.7 Å². The van der Waals surface area contributed by atoms with Crippen LogP contribution in [-0.2, 0) is 0 Å². The Hall–Kier alpha value is -1.90. The van der Waals surface area contributed by atoms with E-state index in [0.717, 1.165) is 11.0 Å². The Balaban J connectivity index is 0.000000192. The maximum atomic E-state index is 10.4. The number of benzene rings is 1. The Bertz CT molecular complexity index is 611. The Morgan fingerprint density at radius 3 is 2.30 bits per heavy atom. The third-order valence-corrected chi connectivity index (χ3v) is 2.33. The van der Waals surface area contributed by atoms with E-state index in [1.165, 1.54) is 6.33 Å². The van der Waals surface area contributed by atoms with Crippen molar-refractivity contribution in [1.82, 2.24) is 15.0 Å². The van der Waals surface area contributed by atoms with Gasteiger partial charge in [-0.2, -0.15) is 0 Å². The van der Waals surface area contributed by atoms with Gasteiger partial charge in [-0.05, 0) is 24.3 Å². The van der Waals surface area contributed by atoms with Crippen LogP contribution in [0.4, 0.5) is 0 Å². The largest absolute Gasteiger partial charge is 0.253 e. The summed E-state index contributed by atoms with van der Waals surface area (Å²) >= 11 is 0. The molecular weight excluding hydrogens is 447 g/mol. The van der Waals surface area contributed by atoms with Crippen LogP contribution in [0.5, 0.6) is 0 Å². The molecule has 2 aromatic heterocycles. The third-order valence-electron chi connectivity index (χ3n) is 2.33. The summed E-state index contributed by atoms with van der Waals surface area (Å²) in [6, 6.07) is 12.5. The van der Waals surface area contributed by atoms with Crippen molar-refractivity contribution in [2.24, 2.45) is 5.73 Å². The number of hydrogen-bond donors (Lipinski definition) is 1. The number of aromatic nitrogens is 3. The molecule has 0 saturated heterocycles. The number of pyridine rings is 1. The maximum absolute atomic E-state index is 10.4. The standard InChI is InChI=1S/C7H5N3.C7H7NO.Pb.2H/c1-2-6-7(9-3-1)4-8-5-10-6;8-7(9)6-4-2-1-3-5-6;;;/h1-5H;1-5H,(H2,8,9);;;. The molecule has 1 amide bonds. The second-order valence-electron chi connectivity index (χ2n) is 3.66. The molecule has 0 spiro atoms. The van der Waals surface area contributed by atoms with Crippen molar-refractivity contribution >= 4 is 44.2 Å². The first-order valence-electron chi connectivity index (χ1n) is 5.63. The summed E-state index contributed by atoms with van der Waals surface area (Å²) in [5.41, 5.74) is 7.25. The minimum atomic E-state index is -0.379. The van der Waals surface area contributed by atoms with Gasteiger partial charge in [0.1, 0.15) is 11.8 Å². The molecule has 0 aliphatic rings. The van der Waals surface area contributed by atoms with Gasteiger partial charge in [0.25, 0.3) is 0 Å². The van der Waals surface area contributed by atoms with E-state index in [2.05, 4.69) is 15.0 Å². The summed E-state index contributed by atoms with van der Waals surface area (Å²) in [6.07, 6.45) is 4.94. The molecular formula is C14H14N4OPb. The normalized spacial score (nSPS) is 9.00. The molecule has 2 N–H and O–H groups in total. The molecule has 6 heteroatoms. The number of fused-ring (bicyclic) bond motifs is 1. The van der Waals surface area contributed by atoms with Crippen molar-refractivity contribution in [3.63, 3.8) is 0 Å². The van der Waals surface area contributed by atoms with Crippen molar-refractivity contribution in [3.05, 3.63) is 66.7 Å². The van der Waals surface area contributed by atoms with Gasteiger partial charge >= 0.3 is 27.3 Å². The van der Waals surface area contributed by atoms with E-state index in [-0.39, 0.29) is 33.2 Å². The summed E-state index contributed by atoms with van der Waals surface area (Å²) < 4.78 is 0. The quantitative estimate of drug-likeness (QED) is 0.546. The molecule has 2 heterocycles. The van der Waals surface area contributed by atoms with Crippen LogP contribution in [0.3, 0.4) is 0 Å². The van der Waals surface area contributed by atoms with Crippen molar-refractivity contribution < 1.29 is 4.79 Å². The number of carbonyl (C=O) groups excluding carboxylic acids is 1. The molecule has 3 rings (SSSR count). The Morgan fingerprint density at radius 2 is 1.70 bits per heavy atom. The summed E-state index contributed by atoms with van der Waals surface area (Å²) in [6.45, 7) is 0. The molecule has 0 bridgehead atoms. The smallest absolute Gasteiger partial charge is 0.116 e. The van der Waals surface area contributed by atoms with Crippen LogP contribution < -0.4 is 5.73 Å². The van der Waals surface area contributed by atoms with Crippen LogP contribution >= 0.6 is 0 Å². The number of hydrogen-bond acceptors (Lipinski definition) is 4. The molecule has 20 heavy (non-hydrogen) atoms. The minimum Gasteiger partial charge on any atom is -0.253 e. The number of rotatable bonds is 1. The molecule has 0 aliphatic heterocycles. The summed E-state index contributed by atoms with van der Waals surface area (Å²) in [7, 11) is 0. The van der Waals surface area contributed by atoms with Gasteiger partial charge in [0.15, 0.2) is 0 Å². The van der Waals surface area contributed by atoms with Gasteiger partial charge in [-0.3, -0.25) is 9.78 Å². The van der Waals surface area contributed by atoms with Crippen LogP contribution in [-0.4, -0.2) is 48.2 Å². The van der Waals surface area contributed by atoms with Crippen LogP contribution in [0.15, 0.2) is 61.2 Å². The van der Waals surface area contributed by atoms with E-state index >= 15 is 0 Å². The van der Waals surface area contributed by atoms with E-state index in [0.29, 0.717) is 5.56 Å². The third kappa shape index (κ3) is 4.65. The van der Waals surface area contributed by atoms with Gasteiger partial charge in [-0.15, -0.1) is 0 Å². The molecule has 3 aromatic rings. The molecule has 2 radical (unpaired) electrons. The van der Waals surface area contributed by atoms with Crippen LogP contribution in [0.2, 0.25) is 0 Å². The molecule has 0 fully saturated rings. The first-order chi connectivity index (χ1) is 9.27. The molecule has 0 unspecified atom stereocenters. The first kappa shape index (κ1) is 16.2. The minimum absolute atomic E-state index is 0. The number of carbonyl (C=O) groups is 1. The van der Waals surface area contributed by atoms with Gasteiger partial charge in [0, 0.05) is 11.8 Å². The average molecular weight is 461 g/mol. The van der Waals surface area contributed by atoms with Gasteiger partial charge in [-0.1, -0.05) is 18.2 Å². The van der Waals surface area contributed by atoms with Gasteiger partial charge < -0.3 is 5.73 Å². The summed E-state index contributed by atoms with van der Waals surface area (Å²) in [5, 5.41) is 0. The van der Waals surface area contributed by atoms with Crippen LogP contribution in [0.25, 0.3) is 11.0 Å². The zero-order valence-electron chi connectivity index (χ0n) is 10.8. The van der Waals surface area contributed by atoms with Crippen molar-refractivity contribution in [2.75, 3.05) is 0 Å². The van der Waals surface area contributed by atoms with Gasteiger partial charge in [-0.25, -0.2) is 9.97 Å². The van der Waals surface area contributed by atoms with Crippen molar-refractivity contribution in [2.45, 2.75) is 0 Å². The summed E-state index contributed by atoms with van der Waals surface area (Å²) in [5.74, 6) is -0.379. The molecule has 0 aliphatic carbocycles. The average Bonchev–Trinajstić information content (AvgIpc) is 2.49. The van der Waals surface area contributed by atoms with E-state index in [1.807, 2.05) is 18.2 Å². The zero-order valence-corrected chi connectivity index (χ0v) is 16.3. The second kappa shape index (κ2) is 8.31.